The second-order valence-corrected chi connectivity index (χ2v) is 14.4. The van der Waals surface area contributed by atoms with E-state index in [0.717, 1.165) is 25.1 Å². The van der Waals surface area contributed by atoms with Gasteiger partial charge in [0.15, 0.2) is 0 Å². The molecule has 4 rings (SSSR count). The molecule has 0 saturated carbocycles. The van der Waals surface area contributed by atoms with Crippen molar-refractivity contribution in [2.75, 3.05) is 0 Å². The van der Waals surface area contributed by atoms with Gasteiger partial charge in [-0.15, -0.1) is 11.3 Å². The van der Waals surface area contributed by atoms with Gasteiger partial charge < -0.3 is 32.5 Å². The summed E-state index contributed by atoms with van der Waals surface area (Å²) in [5.41, 5.74) is 14.2. The number of hydrogen-bond donors (Lipinski definition) is 6. The lowest BCUT2D eigenvalue weighted by molar-refractivity contribution is -0.133. The summed E-state index contributed by atoms with van der Waals surface area (Å²) in [5.74, 6) is -2.29. The first-order valence-corrected chi connectivity index (χ1v) is 17.8. The molecule has 0 aliphatic carbocycles. The maximum Gasteiger partial charge on any atom is 0.243 e. The molecule has 0 aliphatic rings. The van der Waals surface area contributed by atoms with E-state index < -0.39 is 47.8 Å². The second kappa shape index (κ2) is 17.6. The number of amides is 4. The Kier molecular flexibility index (Phi) is 13.6. The lowest BCUT2D eigenvalue weighted by Crippen LogP contribution is -2.58. The Morgan fingerprint density at radius 1 is 0.681 bits per heavy atom. The van der Waals surface area contributed by atoms with Gasteiger partial charge in [-0.25, -0.2) is 0 Å². The molecule has 246 valence electrons. The number of benzene rings is 3. The van der Waals surface area contributed by atoms with Crippen LogP contribution in [0, 0.1) is 7.14 Å². The number of halogens is 2. The average molecular weight is 880 g/mol. The van der Waals surface area contributed by atoms with Gasteiger partial charge in [-0.1, -0.05) is 54.6 Å². The van der Waals surface area contributed by atoms with Crippen molar-refractivity contribution in [1.82, 2.24) is 16.0 Å². The number of carbonyl (C=O) groups excluding carboxylic acids is 4. The number of aromatic hydroxyl groups is 1. The SMILES string of the molecule is NC(=O)[C@H](Cc1cccs1)NC(=O)[C@@H](Cc1ccccc1)NC(=O)[C@@H](Cc1ccc(I)cc1)NC(=O)[C@@H](N)Cc1ccc(O)c(I)c1. The zero-order valence-corrected chi connectivity index (χ0v) is 30.3. The number of phenols is 1. The molecule has 0 unspecified atom stereocenters. The molecule has 3 aromatic carbocycles. The van der Waals surface area contributed by atoms with Gasteiger partial charge in [-0.3, -0.25) is 19.2 Å². The summed E-state index contributed by atoms with van der Waals surface area (Å²) in [6, 6.07) is 21.2. The first-order chi connectivity index (χ1) is 22.5. The molecular weight excluding hydrogens is 844 g/mol. The van der Waals surface area contributed by atoms with Crippen LogP contribution in [0.2, 0.25) is 0 Å². The van der Waals surface area contributed by atoms with Gasteiger partial charge in [0.1, 0.15) is 23.9 Å². The van der Waals surface area contributed by atoms with Gasteiger partial charge in [0.05, 0.1) is 9.61 Å². The molecule has 4 atom stereocenters. The quantitative estimate of drug-likeness (QED) is 0.100. The third kappa shape index (κ3) is 11.3. The number of nitrogens with one attached hydrogen (secondary N) is 3. The fraction of sp³-hybridized carbons (Fsp3) is 0.235. The number of primary amides is 1. The molecule has 0 saturated heterocycles. The summed E-state index contributed by atoms with van der Waals surface area (Å²) in [4.78, 5) is 54.1. The third-order valence-corrected chi connectivity index (χ3v) is 9.83. The van der Waals surface area contributed by atoms with E-state index in [1.165, 1.54) is 17.4 Å². The maximum atomic E-state index is 13.9. The molecule has 0 fully saturated rings. The predicted octanol–water partition coefficient (Wildman–Crippen LogP) is 3.20. The van der Waals surface area contributed by atoms with Gasteiger partial charge in [0.25, 0.3) is 0 Å². The van der Waals surface area contributed by atoms with E-state index in [-0.39, 0.29) is 31.4 Å². The highest BCUT2D eigenvalue weighted by Crippen LogP contribution is 2.21. The molecule has 13 heteroatoms. The van der Waals surface area contributed by atoms with Crippen molar-refractivity contribution >= 4 is 80.1 Å². The minimum Gasteiger partial charge on any atom is -0.507 e. The molecule has 0 bridgehead atoms. The number of rotatable bonds is 15. The number of carbonyl (C=O) groups is 4. The Morgan fingerprint density at radius 2 is 1.26 bits per heavy atom. The van der Waals surface area contributed by atoms with E-state index in [9.17, 15) is 24.3 Å². The molecule has 1 heterocycles. The van der Waals surface area contributed by atoms with Crippen molar-refractivity contribution < 1.29 is 24.3 Å². The van der Waals surface area contributed by atoms with Crippen molar-refractivity contribution in [2.24, 2.45) is 11.5 Å². The molecule has 0 radical (unpaired) electrons. The molecule has 0 spiro atoms. The number of phenolic OH excluding ortho intramolecular Hbond substituents is 1. The van der Waals surface area contributed by atoms with Crippen LogP contribution < -0.4 is 27.4 Å². The van der Waals surface area contributed by atoms with Crippen LogP contribution in [-0.2, 0) is 44.9 Å². The van der Waals surface area contributed by atoms with Gasteiger partial charge >= 0.3 is 0 Å². The summed E-state index contributed by atoms with van der Waals surface area (Å²) < 4.78 is 1.63. The van der Waals surface area contributed by atoms with Crippen molar-refractivity contribution in [1.29, 1.82) is 0 Å². The van der Waals surface area contributed by atoms with E-state index >= 15 is 0 Å². The van der Waals surface area contributed by atoms with E-state index in [1.807, 2.05) is 94.7 Å². The highest BCUT2D eigenvalue weighted by molar-refractivity contribution is 14.1. The van der Waals surface area contributed by atoms with E-state index in [2.05, 4.69) is 38.5 Å². The molecule has 47 heavy (non-hydrogen) atoms. The van der Waals surface area contributed by atoms with Crippen LogP contribution in [0.1, 0.15) is 21.6 Å². The lowest BCUT2D eigenvalue weighted by atomic mass is 10.0. The zero-order valence-electron chi connectivity index (χ0n) is 25.2. The van der Waals surface area contributed by atoms with Crippen LogP contribution in [0.4, 0.5) is 0 Å². The van der Waals surface area contributed by atoms with Crippen LogP contribution in [0.3, 0.4) is 0 Å². The van der Waals surface area contributed by atoms with Crippen LogP contribution in [0.5, 0.6) is 5.75 Å². The Morgan fingerprint density at radius 3 is 1.83 bits per heavy atom. The molecular formula is C34H35I2N5O5S. The second-order valence-electron chi connectivity index (χ2n) is 11.0. The van der Waals surface area contributed by atoms with E-state index in [1.54, 1.807) is 12.1 Å². The summed E-state index contributed by atoms with van der Waals surface area (Å²) >= 11 is 5.62. The zero-order chi connectivity index (χ0) is 33.9. The third-order valence-electron chi connectivity index (χ3n) is 7.35. The monoisotopic (exact) mass is 879 g/mol. The van der Waals surface area contributed by atoms with Crippen LogP contribution in [0.15, 0.2) is 90.3 Å². The van der Waals surface area contributed by atoms with Crippen molar-refractivity contribution in [3.05, 3.63) is 119 Å². The number of nitrogens with two attached hydrogens (primary N) is 2. The highest BCUT2D eigenvalue weighted by atomic mass is 127. The Hall–Kier alpha value is -3.54. The van der Waals surface area contributed by atoms with Gasteiger partial charge in [-0.05, 0) is 104 Å². The van der Waals surface area contributed by atoms with E-state index in [4.69, 9.17) is 11.5 Å². The van der Waals surface area contributed by atoms with E-state index in [0.29, 0.717) is 3.57 Å². The Labute approximate surface area is 304 Å². The highest BCUT2D eigenvalue weighted by Gasteiger charge is 2.31. The molecule has 4 aromatic rings. The minimum absolute atomic E-state index is 0.129. The normalized spacial score (nSPS) is 13.5. The Balaban J connectivity index is 1.55. The first-order valence-electron chi connectivity index (χ1n) is 14.7. The van der Waals surface area contributed by atoms with Crippen molar-refractivity contribution in [3.8, 4) is 5.75 Å². The standard InChI is InChI=1S/C34H35I2N5O5S/c35-23-11-8-21(9-12-23)18-28(40-32(44)26(37)16-22-10-13-30(42)25(36)15-22)34(46)41-29(17-20-5-2-1-3-6-20)33(45)39-27(31(38)43)19-24-7-4-14-47-24/h1-15,26-29,42H,16-19,37H2,(H2,38,43)(H,39,45)(H,40,44)(H,41,46)/t26-,27-,28+,29+/m0/s1. The molecule has 8 N–H and O–H groups in total. The van der Waals surface area contributed by atoms with Crippen LogP contribution in [0.25, 0.3) is 0 Å². The summed E-state index contributed by atoms with van der Waals surface area (Å²) in [6.07, 6.45) is 0.665. The molecule has 0 aliphatic heterocycles. The van der Waals surface area contributed by atoms with Gasteiger partial charge in [-0.2, -0.15) is 0 Å². The molecule has 10 nitrogen and oxygen atoms in total. The molecule has 1 aromatic heterocycles. The Bertz CT molecular complexity index is 1670. The van der Waals surface area contributed by atoms with Crippen LogP contribution in [-0.4, -0.2) is 52.9 Å². The smallest absolute Gasteiger partial charge is 0.243 e. The van der Waals surface area contributed by atoms with Crippen molar-refractivity contribution in [3.63, 3.8) is 0 Å². The fourth-order valence-electron chi connectivity index (χ4n) is 4.82. The van der Waals surface area contributed by atoms with Crippen LogP contribution >= 0.6 is 56.5 Å². The predicted molar refractivity (Wildman–Crippen MR) is 199 cm³/mol. The fourth-order valence-corrected chi connectivity index (χ4v) is 6.52. The summed E-state index contributed by atoms with van der Waals surface area (Å²) in [5, 5.41) is 20.0. The number of hydrogen-bond acceptors (Lipinski definition) is 7. The largest absolute Gasteiger partial charge is 0.507 e. The minimum atomic E-state index is -1.08. The van der Waals surface area contributed by atoms with Crippen molar-refractivity contribution in [2.45, 2.75) is 49.9 Å². The van der Waals surface area contributed by atoms with Gasteiger partial charge in [0.2, 0.25) is 23.6 Å². The maximum absolute atomic E-state index is 13.9. The summed E-state index contributed by atoms with van der Waals surface area (Å²) in [6.45, 7) is 0. The number of thiophene rings is 1. The average Bonchev–Trinajstić information content (AvgIpc) is 3.56. The van der Waals surface area contributed by atoms with Gasteiger partial charge in [0, 0.05) is 27.7 Å². The summed E-state index contributed by atoms with van der Waals surface area (Å²) in [7, 11) is 0. The lowest BCUT2D eigenvalue weighted by Gasteiger charge is -2.26. The topological polar surface area (TPSA) is 177 Å². The first kappa shape index (κ1) is 36.3. The molecule has 4 amide bonds.